The molecule has 0 aromatic heterocycles. The molecule has 0 aromatic carbocycles. The maximum Gasteiger partial charge on any atom is 0.312 e. The van der Waals surface area contributed by atoms with Crippen molar-refractivity contribution in [3.8, 4) is 0 Å². The summed E-state index contributed by atoms with van der Waals surface area (Å²) in [6.07, 6.45) is 2.96. The van der Waals surface area contributed by atoms with E-state index in [1.807, 2.05) is 25.7 Å². The molecule has 0 aliphatic carbocycles. The van der Waals surface area contributed by atoms with Crippen LogP contribution in [0.5, 0.6) is 0 Å². The molecule has 5 heteroatoms. The zero-order chi connectivity index (χ0) is 17.7. The van der Waals surface area contributed by atoms with Gasteiger partial charge in [-0.05, 0) is 40.0 Å². The van der Waals surface area contributed by atoms with E-state index < -0.39 is 5.41 Å². The van der Waals surface area contributed by atoms with Crippen LogP contribution in [0.3, 0.4) is 0 Å². The SMILES string of the molecule is CCC(C)(CC(C)N1CCCC1=O)C(=O)OCC[N+](C)(C)CC. The fourth-order valence-electron chi connectivity index (χ4n) is 2.99. The third-order valence-electron chi connectivity index (χ3n) is 5.45. The summed E-state index contributed by atoms with van der Waals surface area (Å²) in [5.41, 5.74) is -0.522. The van der Waals surface area contributed by atoms with Gasteiger partial charge >= 0.3 is 5.97 Å². The van der Waals surface area contributed by atoms with Crippen LogP contribution in [0.4, 0.5) is 0 Å². The van der Waals surface area contributed by atoms with Gasteiger partial charge in [-0.15, -0.1) is 0 Å². The second-order valence-corrected chi connectivity index (χ2v) is 7.77. The van der Waals surface area contributed by atoms with Crippen LogP contribution < -0.4 is 0 Å². The average molecular weight is 327 g/mol. The monoisotopic (exact) mass is 327 g/mol. The van der Waals surface area contributed by atoms with Crippen LogP contribution in [0.1, 0.15) is 53.4 Å². The van der Waals surface area contributed by atoms with Gasteiger partial charge in [0.1, 0.15) is 13.2 Å². The van der Waals surface area contributed by atoms with E-state index in [0.29, 0.717) is 19.4 Å². The highest BCUT2D eigenvalue weighted by atomic mass is 16.5. The highest BCUT2D eigenvalue weighted by Crippen LogP contribution is 2.32. The van der Waals surface area contributed by atoms with Crippen molar-refractivity contribution in [1.29, 1.82) is 0 Å². The lowest BCUT2D eigenvalue weighted by Gasteiger charge is -2.34. The molecule has 1 heterocycles. The highest BCUT2D eigenvalue weighted by molar-refractivity contribution is 5.79. The minimum atomic E-state index is -0.522. The molecule has 1 saturated heterocycles. The van der Waals surface area contributed by atoms with Crippen molar-refractivity contribution in [2.75, 3.05) is 40.3 Å². The molecule has 2 atom stereocenters. The third-order valence-corrected chi connectivity index (χ3v) is 5.45. The summed E-state index contributed by atoms with van der Waals surface area (Å²) >= 11 is 0. The van der Waals surface area contributed by atoms with Crippen LogP contribution in [0.2, 0.25) is 0 Å². The van der Waals surface area contributed by atoms with Gasteiger partial charge in [0.25, 0.3) is 0 Å². The zero-order valence-electron chi connectivity index (χ0n) is 15.9. The second-order valence-electron chi connectivity index (χ2n) is 7.77. The lowest BCUT2D eigenvalue weighted by atomic mass is 9.81. The first-order chi connectivity index (χ1) is 10.6. The molecule has 1 aliphatic heterocycles. The molecular formula is C18H35N2O3+. The van der Waals surface area contributed by atoms with Crippen molar-refractivity contribution >= 4 is 11.9 Å². The number of hydrogen-bond donors (Lipinski definition) is 0. The molecule has 1 fully saturated rings. The summed E-state index contributed by atoms with van der Waals surface area (Å²) in [4.78, 5) is 26.4. The van der Waals surface area contributed by atoms with Gasteiger partial charge in [0.05, 0.1) is 26.1 Å². The Morgan fingerprint density at radius 2 is 2.04 bits per heavy atom. The topological polar surface area (TPSA) is 46.6 Å². The average Bonchev–Trinajstić information content (AvgIpc) is 2.93. The van der Waals surface area contributed by atoms with Crippen molar-refractivity contribution in [2.45, 2.75) is 59.4 Å². The van der Waals surface area contributed by atoms with Crippen LogP contribution in [0.15, 0.2) is 0 Å². The summed E-state index contributed by atoms with van der Waals surface area (Å²) in [5.74, 6) is 0.0842. The number of likely N-dealkylation sites (N-methyl/N-ethyl adjacent to an activating group) is 1. The molecule has 0 radical (unpaired) electrons. The predicted molar refractivity (Wildman–Crippen MR) is 91.9 cm³/mol. The standard InChI is InChI=1S/C18H35N2O3/c1-7-18(4,14-15(3)19-11-9-10-16(19)21)17(22)23-13-12-20(5,6)8-2/h15H,7-14H2,1-6H3/q+1. The Balaban J connectivity index is 2.57. The quantitative estimate of drug-likeness (QED) is 0.483. The van der Waals surface area contributed by atoms with Gasteiger partial charge in [0.15, 0.2) is 0 Å². The molecule has 1 rings (SSSR count). The molecule has 0 bridgehead atoms. The number of carbonyl (C=O) groups is 2. The van der Waals surface area contributed by atoms with Crippen molar-refractivity contribution < 1.29 is 18.8 Å². The van der Waals surface area contributed by atoms with Gasteiger partial charge in [-0.3, -0.25) is 9.59 Å². The fraction of sp³-hybridized carbons (Fsp3) is 0.889. The first kappa shape index (κ1) is 19.9. The van der Waals surface area contributed by atoms with Crippen molar-refractivity contribution in [3.63, 3.8) is 0 Å². The Labute approximate surface area is 141 Å². The zero-order valence-corrected chi connectivity index (χ0v) is 15.9. The fourth-order valence-corrected chi connectivity index (χ4v) is 2.99. The van der Waals surface area contributed by atoms with E-state index in [2.05, 4.69) is 21.0 Å². The number of rotatable bonds is 9. The molecule has 2 unspecified atom stereocenters. The number of hydrogen-bond acceptors (Lipinski definition) is 3. The Hall–Kier alpha value is -1.10. The van der Waals surface area contributed by atoms with E-state index in [-0.39, 0.29) is 17.9 Å². The number of quaternary nitrogens is 1. The van der Waals surface area contributed by atoms with E-state index in [1.54, 1.807) is 0 Å². The third kappa shape index (κ3) is 5.48. The van der Waals surface area contributed by atoms with E-state index in [9.17, 15) is 9.59 Å². The molecule has 1 amide bonds. The lowest BCUT2D eigenvalue weighted by Crippen LogP contribution is -2.44. The number of nitrogens with zero attached hydrogens (tertiary/aromatic N) is 2. The molecule has 0 spiro atoms. The van der Waals surface area contributed by atoms with Gasteiger partial charge in [0, 0.05) is 19.0 Å². The number of likely N-dealkylation sites (tertiary alicyclic amines) is 1. The summed E-state index contributed by atoms with van der Waals surface area (Å²) in [6.45, 7) is 11.3. The van der Waals surface area contributed by atoms with E-state index in [0.717, 1.165) is 37.0 Å². The van der Waals surface area contributed by atoms with Gasteiger partial charge in [-0.1, -0.05) is 6.92 Å². The molecular weight excluding hydrogens is 292 g/mol. The van der Waals surface area contributed by atoms with Gasteiger partial charge in [0.2, 0.25) is 5.91 Å². The van der Waals surface area contributed by atoms with Crippen molar-refractivity contribution in [1.82, 2.24) is 4.90 Å². The molecule has 1 aliphatic rings. The first-order valence-corrected chi connectivity index (χ1v) is 8.94. The summed E-state index contributed by atoms with van der Waals surface area (Å²) < 4.78 is 6.41. The molecule has 23 heavy (non-hydrogen) atoms. The largest absolute Gasteiger partial charge is 0.459 e. The molecule has 0 N–H and O–H groups in total. The second kappa shape index (κ2) is 8.13. The summed E-state index contributed by atoms with van der Waals surface area (Å²) in [6, 6.07) is 0.0883. The van der Waals surface area contributed by atoms with Gasteiger partial charge < -0.3 is 14.1 Å². The smallest absolute Gasteiger partial charge is 0.312 e. The Kier molecular flexibility index (Phi) is 7.05. The Morgan fingerprint density at radius 1 is 1.39 bits per heavy atom. The Bertz CT molecular complexity index is 422. The van der Waals surface area contributed by atoms with Crippen molar-refractivity contribution in [2.24, 2.45) is 5.41 Å². The summed E-state index contributed by atoms with van der Waals surface area (Å²) in [7, 11) is 4.27. The van der Waals surface area contributed by atoms with Gasteiger partial charge in [-0.2, -0.15) is 0 Å². The number of esters is 1. The molecule has 134 valence electrons. The van der Waals surface area contributed by atoms with Crippen LogP contribution in [-0.2, 0) is 14.3 Å². The first-order valence-electron chi connectivity index (χ1n) is 8.94. The number of ether oxygens (including phenoxy) is 1. The summed E-state index contributed by atoms with van der Waals surface area (Å²) in [5, 5.41) is 0. The predicted octanol–water partition coefficient (Wildman–Crippen LogP) is 2.44. The minimum Gasteiger partial charge on any atom is -0.459 e. The Morgan fingerprint density at radius 3 is 2.52 bits per heavy atom. The van der Waals surface area contributed by atoms with Crippen LogP contribution >= 0.6 is 0 Å². The van der Waals surface area contributed by atoms with E-state index in [1.165, 1.54) is 0 Å². The normalized spacial score (nSPS) is 19.6. The maximum atomic E-state index is 12.6. The van der Waals surface area contributed by atoms with Crippen LogP contribution in [-0.4, -0.2) is 67.6 Å². The van der Waals surface area contributed by atoms with Crippen LogP contribution in [0.25, 0.3) is 0 Å². The van der Waals surface area contributed by atoms with Crippen LogP contribution in [0, 0.1) is 5.41 Å². The minimum absolute atomic E-state index is 0.0883. The van der Waals surface area contributed by atoms with Crippen molar-refractivity contribution in [3.05, 3.63) is 0 Å². The van der Waals surface area contributed by atoms with E-state index >= 15 is 0 Å². The van der Waals surface area contributed by atoms with E-state index in [4.69, 9.17) is 4.74 Å². The molecule has 0 aromatic rings. The lowest BCUT2D eigenvalue weighted by molar-refractivity contribution is -0.888. The number of amides is 1. The molecule has 5 nitrogen and oxygen atoms in total. The van der Waals surface area contributed by atoms with Gasteiger partial charge in [-0.25, -0.2) is 0 Å². The highest BCUT2D eigenvalue weighted by Gasteiger charge is 2.38. The number of carbonyl (C=O) groups excluding carboxylic acids is 2. The molecule has 0 saturated carbocycles. The maximum absolute atomic E-state index is 12.6.